The number of aryl methyl sites for hydroxylation is 2. The molecule has 2 N–H and O–H groups in total. The van der Waals surface area contributed by atoms with Gasteiger partial charge in [-0.1, -0.05) is 23.4 Å². The second kappa shape index (κ2) is 5.19. The van der Waals surface area contributed by atoms with Crippen molar-refractivity contribution >= 4 is 5.82 Å². The first-order chi connectivity index (χ1) is 11.1. The lowest BCUT2D eigenvalue weighted by Crippen LogP contribution is -1.90. The first kappa shape index (κ1) is 13.9. The molecule has 2 heterocycles. The Labute approximate surface area is 134 Å². The maximum Gasteiger partial charge on any atom is 0.230 e. The second-order valence-corrected chi connectivity index (χ2v) is 6.22. The zero-order valence-electron chi connectivity index (χ0n) is 13.2. The Morgan fingerprint density at radius 1 is 1.09 bits per heavy atom. The van der Waals surface area contributed by atoms with Gasteiger partial charge in [0.25, 0.3) is 0 Å². The molecule has 3 aromatic rings. The van der Waals surface area contributed by atoms with Crippen LogP contribution in [0.25, 0.3) is 11.4 Å². The van der Waals surface area contributed by atoms with Gasteiger partial charge in [0.05, 0.1) is 0 Å². The van der Waals surface area contributed by atoms with Crippen LogP contribution >= 0.6 is 0 Å². The third-order valence-electron chi connectivity index (χ3n) is 4.55. The summed E-state index contributed by atoms with van der Waals surface area (Å²) in [5.74, 6) is 2.56. The molecule has 1 aliphatic rings. The number of aromatic nitrogens is 3. The molecule has 5 nitrogen and oxygen atoms in total. The van der Waals surface area contributed by atoms with E-state index in [0.717, 1.165) is 12.0 Å². The van der Waals surface area contributed by atoms with Crippen LogP contribution < -0.4 is 5.73 Å². The van der Waals surface area contributed by atoms with E-state index in [1.807, 2.05) is 6.07 Å². The fraction of sp³-hybridized carbons (Fsp3) is 0.278. The van der Waals surface area contributed by atoms with Gasteiger partial charge in [-0.15, -0.1) is 0 Å². The highest BCUT2D eigenvalue weighted by Crippen LogP contribution is 2.54. The van der Waals surface area contributed by atoms with Gasteiger partial charge in [-0.05, 0) is 55.0 Å². The summed E-state index contributed by atoms with van der Waals surface area (Å²) < 4.78 is 5.46. The van der Waals surface area contributed by atoms with Gasteiger partial charge < -0.3 is 10.3 Å². The van der Waals surface area contributed by atoms with Crippen molar-refractivity contribution in [1.82, 2.24) is 15.1 Å². The summed E-state index contributed by atoms with van der Waals surface area (Å²) >= 11 is 0. The quantitative estimate of drug-likeness (QED) is 0.800. The number of hydrogen-bond acceptors (Lipinski definition) is 5. The molecule has 0 amide bonds. The van der Waals surface area contributed by atoms with Crippen LogP contribution in [-0.4, -0.2) is 15.1 Å². The van der Waals surface area contributed by atoms with Crippen LogP contribution in [0.1, 0.15) is 40.8 Å². The van der Waals surface area contributed by atoms with E-state index in [-0.39, 0.29) is 0 Å². The average Bonchev–Trinajstić information content (AvgIpc) is 3.20. The van der Waals surface area contributed by atoms with E-state index in [2.05, 4.69) is 47.2 Å². The number of rotatable bonds is 3. The molecule has 0 spiro atoms. The predicted octanol–water partition coefficient (Wildman–Crippen LogP) is 3.60. The Kier molecular flexibility index (Phi) is 3.15. The van der Waals surface area contributed by atoms with E-state index in [4.69, 9.17) is 10.3 Å². The highest BCUT2D eigenvalue weighted by atomic mass is 16.5. The zero-order valence-corrected chi connectivity index (χ0v) is 13.2. The molecule has 4 rings (SSSR count). The topological polar surface area (TPSA) is 77.8 Å². The van der Waals surface area contributed by atoms with Gasteiger partial charge in [-0.25, -0.2) is 4.98 Å². The summed E-state index contributed by atoms with van der Waals surface area (Å²) in [4.78, 5) is 8.59. The molecule has 1 aliphatic carbocycles. The fourth-order valence-electron chi connectivity index (χ4n) is 2.87. The molecule has 1 fully saturated rings. The molecule has 1 saturated carbocycles. The van der Waals surface area contributed by atoms with E-state index in [1.54, 1.807) is 12.3 Å². The van der Waals surface area contributed by atoms with E-state index in [1.165, 1.54) is 16.7 Å². The molecule has 1 aromatic carbocycles. The number of nitrogens with zero attached hydrogens (tertiary/aromatic N) is 3. The smallest absolute Gasteiger partial charge is 0.230 e. The number of anilines is 1. The monoisotopic (exact) mass is 306 g/mol. The zero-order chi connectivity index (χ0) is 16.0. The van der Waals surface area contributed by atoms with Crippen molar-refractivity contribution < 1.29 is 4.52 Å². The first-order valence-corrected chi connectivity index (χ1v) is 7.74. The Morgan fingerprint density at radius 3 is 2.70 bits per heavy atom. The summed E-state index contributed by atoms with van der Waals surface area (Å²) in [6, 6.07) is 10.2. The van der Waals surface area contributed by atoms with Crippen LogP contribution in [0, 0.1) is 13.8 Å². The molecular formula is C18H18N4O. The van der Waals surface area contributed by atoms with Crippen LogP contribution in [0.5, 0.6) is 0 Å². The third kappa shape index (κ3) is 2.59. The average molecular weight is 306 g/mol. The normalized spacial score (nSPS) is 19.7. The number of hydrogen-bond donors (Lipinski definition) is 1. The predicted molar refractivity (Wildman–Crippen MR) is 88.0 cm³/mol. The molecule has 2 atom stereocenters. The van der Waals surface area contributed by atoms with Crippen LogP contribution in [0.15, 0.2) is 41.1 Å². The SMILES string of the molecule is Cc1ccc([C@@H]2C[C@H]2c2nc(-c3ccc(N)nc3)no2)cc1C. The van der Waals surface area contributed by atoms with Crippen LogP contribution in [0.3, 0.4) is 0 Å². The molecule has 0 aliphatic heterocycles. The summed E-state index contributed by atoms with van der Waals surface area (Å²) in [5, 5.41) is 4.07. The largest absolute Gasteiger partial charge is 0.384 e. The Hall–Kier alpha value is -2.69. The maximum absolute atomic E-state index is 5.60. The third-order valence-corrected chi connectivity index (χ3v) is 4.55. The highest BCUT2D eigenvalue weighted by Gasteiger charge is 2.43. The summed E-state index contributed by atoms with van der Waals surface area (Å²) in [7, 11) is 0. The van der Waals surface area contributed by atoms with Crippen molar-refractivity contribution in [3.63, 3.8) is 0 Å². The molecule has 0 saturated heterocycles. The first-order valence-electron chi connectivity index (χ1n) is 7.74. The van der Waals surface area contributed by atoms with Crippen molar-refractivity contribution in [2.45, 2.75) is 32.1 Å². The Bertz CT molecular complexity index is 854. The maximum atomic E-state index is 5.60. The molecule has 5 heteroatoms. The van der Waals surface area contributed by atoms with Crippen molar-refractivity contribution in [1.29, 1.82) is 0 Å². The van der Waals surface area contributed by atoms with Crippen LogP contribution in [0.2, 0.25) is 0 Å². The molecular weight excluding hydrogens is 288 g/mol. The van der Waals surface area contributed by atoms with Gasteiger partial charge in [-0.3, -0.25) is 0 Å². The van der Waals surface area contributed by atoms with Gasteiger partial charge in [0.15, 0.2) is 0 Å². The van der Waals surface area contributed by atoms with Crippen molar-refractivity contribution in [3.05, 3.63) is 59.1 Å². The van der Waals surface area contributed by atoms with E-state index in [0.29, 0.717) is 29.4 Å². The number of nitrogens with two attached hydrogens (primary N) is 1. The van der Waals surface area contributed by atoms with Crippen molar-refractivity contribution in [2.24, 2.45) is 0 Å². The number of pyridine rings is 1. The molecule has 116 valence electrons. The summed E-state index contributed by atoms with van der Waals surface area (Å²) in [6.45, 7) is 4.28. The molecule has 0 bridgehead atoms. The van der Waals surface area contributed by atoms with Crippen LogP contribution in [0.4, 0.5) is 5.82 Å². The van der Waals surface area contributed by atoms with Gasteiger partial charge in [-0.2, -0.15) is 4.98 Å². The molecule has 0 radical (unpaired) electrons. The fourth-order valence-corrected chi connectivity index (χ4v) is 2.87. The Balaban J connectivity index is 1.54. The van der Waals surface area contributed by atoms with Gasteiger partial charge in [0.2, 0.25) is 11.7 Å². The molecule has 23 heavy (non-hydrogen) atoms. The molecule has 2 aromatic heterocycles. The minimum atomic E-state index is 0.320. The lowest BCUT2D eigenvalue weighted by molar-refractivity contribution is 0.378. The highest BCUT2D eigenvalue weighted by molar-refractivity contribution is 5.54. The number of benzene rings is 1. The lowest BCUT2D eigenvalue weighted by atomic mass is 10.0. The second-order valence-electron chi connectivity index (χ2n) is 6.22. The van der Waals surface area contributed by atoms with Gasteiger partial charge in [0.1, 0.15) is 5.82 Å². The van der Waals surface area contributed by atoms with Gasteiger partial charge in [0, 0.05) is 17.7 Å². The summed E-state index contributed by atoms with van der Waals surface area (Å²) in [5.41, 5.74) is 10.4. The van der Waals surface area contributed by atoms with E-state index >= 15 is 0 Å². The summed E-state index contributed by atoms with van der Waals surface area (Å²) in [6.07, 6.45) is 2.72. The van der Waals surface area contributed by atoms with Crippen LogP contribution in [-0.2, 0) is 0 Å². The van der Waals surface area contributed by atoms with Crippen molar-refractivity contribution in [2.75, 3.05) is 5.73 Å². The van der Waals surface area contributed by atoms with Crippen molar-refractivity contribution in [3.8, 4) is 11.4 Å². The minimum absolute atomic E-state index is 0.320. The Morgan fingerprint density at radius 2 is 1.96 bits per heavy atom. The standard InChI is InChI=1S/C18H18N4O/c1-10-3-4-12(7-11(10)2)14-8-15(14)18-21-17(22-23-18)13-5-6-16(19)20-9-13/h3-7,9,14-15H,8H2,1-2H3,(H2,19,20)/t14-,15+/m0/s1. The van der Waals surface area contributed by atoms with Gasteiger partial charge >= 0.3 is 0 Å². The number of nitrogen functional groups attached to an aromatic ring is 1. The van der Waals surface area contributed by atoms with E-state index in [9.17, 15) is 0 Å². The minimum Gasteiger partial charge on any atom is -0.384 e. The lowest BCUT2D eigenvalue weighted by Gasteiger charge is -2.03. The molecule has 0 unspecified atom stereocenters. The van der Waals surface area contributed by atoms with E-state index < -0.39 is 0 Å².